The molecule has 0 aliphatic rings. The lowest BCUT2D eigenvalue weighted by molar-refractivity contribution is -0.301. The van der Waals surface area contributed by atoms with E-state index in [-0.39, 0.29) is 16.5 Å². The van der Waals surface area contributed by atoms with Gasteiger partial charge in [-0.05, 0) is 0 Å². The van der Waals surface area contributed by atoms with Crippen LogP contribution in [0.5, 0.6) is 0 Å². The second-order valence-corrected chi connectivity index (χ2v) is 2.86. The molecular formula is C6H5N2O3S-. The summed E-state index contributed by atoms with van der Waals surface area (Å²) in [6.45, 7) is 0. The number of H-pyrrole nitrogens is 1. The van der Waals surface area contributed by atoms with E-state index in [1.807, 2.05) is 0 Å². The maximum atomic E-state index is 10.7. The monoisotopic (exact) mass is 185 g/mol. The number of hydrogen-bond acceptors (Lipinski definition) is 5. The SMILES string of the molecule is O=C([O-])CSc1nccc(=O)[nH]1. The average molecular weight is 185 g/mol. The summed E-state index contributed by atoms with van der Waals surface area (Å²) in [7, 11) is 0. The summed E-state index contributed by atoms with van der Waals surface area (Å²) >= 11 is 0.914. The number of aromatic nitrogens is 2. The number of carboxylic acids is 1. The smallest absolute Gasteiger partial charge is 0.251 e. The van der Waals surface area contributed by atoms with Gasteiger partial charge >= 0.3 is 0 Å². The summed E-state index contributed by atoms with van der Waals surface area (Å²) in [4.78, 5) is 26.8. The van der Waals surface area contributed by atoms with E-state index in [0.717, 1.165) is 11.8 Å². The molecule has 1 aromatic rings. The standard InChI is InChI=1S/C6H6N2O3S/c9-4-1-2-7-6(8-4)12-3-5(10)11/h1-2H,3H2,(H,10,11)(H,7,8,9)/p-1. The van der Waals surface area contributed by atoms with Gasteiger partial charge in [-0.2, -0.15) is 0 Å². The second kappa shape index (κ2) is 3.91. The van der Waals surface area contributed by atoms with Gasteiger partial charge in [0.1, 0.15) is 0 Å². The van der Waals surface area contributed by atoms with Crippen molar-refractivity contribution < 1.29 is 9.90 Å². The minimum Gasteiger partial charge on any atom is -0.549 e. The maximum absolute atomic E-state index is 10.7. The lowest BCUT2D eigenvalue weighted by Crippen LogP contribution is -2.24. The number of aliphatic carboxylic acids is 1. The summed E-state index contributed by atoms with van der Waals surface area (Å²) in [5, 5.41) is 10.3. The Kier molecular flexibility index (Phi) is 2.87. The van der Waals surface area contributed by atoms with Crippen molar-refractivity contribution in [3.05, 3.63) is 22.6 Å². The molecule has 1 N–H and O–H groups in total. The van der Waals surface area contributed by atoms with Gasteiger partial charge in [-0.15, -0.1) is 0 Å². The van der Waals surface area contributed by atoms with Crippen molar-refractivity contribution in [3.8, 4) is 0 Å². The lowest BCUT2D eigenvalue weighted by atomic mass is 10.7. The fourth-order valence-corrected chi connectivity index (χ4v) is 1.12. The number of carboxylic acid groups (broad SMARTS) is 1. The third kappa shape index (κ3) is 2.75. The molecule has 0 bridgehead atoms. The molecule has 1 heterocycles. The Balaban J connectivity index is 2.64. The number of thioether (sulfide) groups is 1. The van der Waals surface area contributed by atoms with Gasteiger partial charge in [0.05, 0.1) is 5.97 Å². The summed E-state index contributed by atoms with van der Waals surface area (Å²) in [5.41, 5.74) is -0.300. The van der Waals surface area contributed by atoms with Gasteiger partial charge in [-0.25, -0.2) is 4.98 Å². The van der Waals surface area contributed by atoms with Crippen molar-refractivity contribution in [3.63, 3.8) is 0 Å². The molecule has 0 radical (unpaired) electrons. The molecule has 0 atom stereocenters. The van der Waals surface area contributed by atoms with Crippen LogP contribution in [0.1, 0.15) is 0 Å². The van der Waals surface area contributed by atoms with Crippen molar-refractivity contribution in [1.29, 1.82) is 0 Å². The minimum atomic E-state index is -1.19. The minimum absolute atomic E-state index is 0.215. The van der Waals surface area contributed by atoms with Crippen molar-refractivity contribution in [2.24, 2.45) is 0 Å². The molecule has 0 saturated heterocycles. The van der Waals surface area contributed by atoms with Gasteiger partial charge in [0, 0.05) is 18.0 Å². The van der Waals surface area contributed by atoms with Crippen molar-refractivity contribution in [1.82, 2.24) is 9.97 Å². The summed E-state index contributed by atoms with van der Waals surface area (Å²) in [5.74, 6) is -1.40. The fourth-order valence-electron chi connectivity index (χ4n) is 0.553. The van der Waals surface area contributed by atoms with Crippen molar-refractivity contribution in [2.45, 2.75) is 5.16 Å². The zero-order valence-corrected chi connectivity index (χ0v) is 6.76. The predicted molar refractivity (Wildman–Crippen MR) is 40.6 cm³/mol. The summed E-state index contributed by atoms with van der Waals surface area (Å²) in [6.07, 6.45) is 1.32. The van der Waals surface area contributed by atoms with Gasteiger partial charge in [0.15, 0.2) is 5.16 Å². The largest absolute Gasteiger partial charge is 0.549 e. The normalized spacial score (nSPS) is 9.67. The van der Waals surface area contributed by atoms with Gasteiger partial charge in [0.25, 0.3) is 5.56 Å². The number of nitrogens with one attached hydrogen (secondary N) is 1. The maximum Gasteiger partial charge on any atom is 0.251 e. The van der Waals surface area contributed by atoms with Crippen LogP contribution in [0.4, 0.5) is 0 Å². The third-order valence-electron chi connectivity index (χ3n) is 0.975. The lowest BCUT2D eigenvalue weighted by Gasteiger charge is -1.99. The molecule has 1 rings (SSSR count). The van der Waals surface area contributed by atoms with Gasteiger partial charge in [-0.1, -0.05) is 11.8 Å². The van der Waals surface area contributed by atoms with E-state index in [0.29, 0.717) is 0 Å². The quantitative estimate of drug-likeness (QED) is 0.463. The molecule has 0 saturated carbocycles. The van der Waals surface area contributed by atoms with E-state index in [4.69, 9.17) is 0 Å². The number of carbonyl (C=O) groups excluding carboxylic acids is 1. The van der Waals surface area contributed by atoms with Crippen LogP contribution in [0.25, 0.3) is 0 Å². The molecule has 0 unspecified atom stereocenters. The Morgan fingerprint density at radius 1 is 1.75 bits per heavy atom. The first-order valence-electron chi connectivity index (χ1n) is 3.06. The first kappa shape index (κ1) is 8.79. The van der Waals surface area contributed by atoms with Gasteiger partial charge in [-0.3, -0.25) is 4.79 Å². The van der Waals surface area contributed by atoms with Crippen molar-refractivity contribution in [2.75, 3.05) is 5.75 Å². The van der Waals surface area contributed by atoms with Gasteiger partial charge < -0.3 is 14.9 Å². The number of rotatable bonds is 3. The van der Waals surface area contributed by atoms with E-state index in [2.05, 4.69) is 9.97 Å². The molecule has 5 nitrogen and oxygen atoms in total. The van der Waals surface area contributed by atoms with E-state index in [9.17, 15) is 14.7 Å². The molecule has 64 valence electrons. The van der Waals surface area contributed by atoms with Crippen molar-refractivity contribution >= 4 is 17.7 Å². The first-order chi connectivity index (χ1) is 5.68. The Bertz CT molecular complexity index is 336. The molecule has 0 amide bonds. The highest BCUT2D eigenvalue weighted by atomic mass is 32.2. The highest BCUT2D eigenvalue weighted by Crippen LogP contribution is 2.07. The van der Waals surface area contributed by atoms with Crippen LogP contribution in [0, 0.1) is 0 Å². The number of nitrogens with zero attached hydrogens (tertiary/aromatic N) is 1. The average Bonchev–Trinajstić information content (AvgIpc) is 2.01. The summed E-state index contributed by atoms with van der Waals surface area (Å²) in [6, 6.07) is 1.25. The third-order valence-corrected chi connectivity index (χ3v) is 1.84. The Labute approximate surface area is 71.8 Å². The zero-order chi connectivity index (χ0) is 8.97. The zero-order valence-electron chi connectivity index (χ0n) is 5.94. The van der Waals surface area contributed by atoms with Crippen LogP contribution in [-0.4, -0.2) is 21.7 Å². The second-order valence-electron chi connectivity index (χ2n) is 1.90. The van der Waals surface area contributed by atoms with Crippen LogP contribution >= 0.6 is 11.8 Å². The number of hydrogen-bond donors (Lipinski definition) is 1. The fraction of sp³-hybridized carbons (Fsp3) is 0.167. The van der Waals surface area contributed by atoms with E-state index in [1.54, 1.807) is 0 Å². The Morgan fingerprint density at radius 3 is 3.08 bits per heavy atom. The van der Waals surface area contributed by atoms with Crippen LogP contribution in [0.15, 0.2) is 22.2 Å². The number of aromatic amines is 1. The van der Waals surface area contributed by atoms with E-state index in [1.165, 1.54) is 12.3 Å². The molecular weight excluding hydrogens is 180 g/mol. The predicted octanol–water partition coefficient (Wildman–Crippen LogP) is -1.39. The topological polar surface area (TPSA) is 85.9 Å². The van der Waals surface area contributed by atoms with Gasteiger partial charge in [0.2, 0.25) is 0 Å². The van der Waals surface area contributed by atoms with Crippen LogP contribution in [0.3, 0.4) is 0 Å². The highest BCUT2D eigenvalue weighted by molar-refractivity contribution is 7.99. The number of carbonyl (C=O) groups is 1. The molecule has 0 fully saturated rings. The molecule has 6 heteroatoms. The Morgan fingerprint density at radius 2 is 2.50 bits per heavy atom. The molecule has 1 aromatic heterocycles. The van der Waals surface area contributed by atoms with Crippen LogP contribution in [-0.2, 0) is 4.79 Å². The Hall–Kier alpha value is -1.30. The first-order valence-corrected chi connectivity index (χ1v) is 4.05. The van der Waals surface area contributed by atoms with Crippen LogP contribution in [0.2, 0.25) is 0 Å². The molecule has 0 aromatic carbocycles. The molecule has 0 spiro atoms. The van der Waals surface area contributed by atoms with E-state index < -0.39 is 5.97 Å². The molecule has 12 heavy (non-hydrogen) atoms. The summed E-state index contributed by atoms with van der Waals surface area (Å²) < 4.78 is 0. The van der Waals surface area contributed by atoms with Crippen LogP contribution < -0.4 is 10.7 Å². The molecule has 0 aliphatic carbocycles. The molecule has 0 aliphatic heterocycles. The van der Waals surface area contributed by atoms with E-state index >= 15 is 0 Å². The highest BCUT2D eigenvalue weighted by Gasteiger charge is 1.95.